The van der Waals surface area contributed by atoms with Crippen LogP contribution in [0.25, 0.3) is 0 Å². The summed E-state index contributed by atoms with van der Waals surface area (Å²) in [6.45, 7) is 1.86. The number of hydrogen-bond acceptors (Lipinski definition) is 2. The summed E-state index contributed by atoms with van der Waals surface area (Å²) in [7, 11) is 0. The Balaban J connectivity index is 2.20. The predicted octanol–water partition coefficient (Wildman–Crippen LogP) is 1.69. The van der Waals surface area contributed by atoms with Crippen LogP contribution in [0.2, 0.25) is 0 Å². The fraction of sp³-hybridized carbons (Fsp3) is 0.500. The van der Waals surface area contributed by atoms with Gasteiger partial charge in [0.2, 0.25) is 0 Å². The molecule has 1 heterocycles. The molecule has 1 unspecified atom stereocenters. The normalized spacial score (nSPS) is 26.5. The summed E-state index contributed by atoms with van der Waals surface area (Å²) in [5.74, 6) is 0. The van der Waals surface area contributed by atoms with Crippen LogP contribution in [-0.4, -0.2) is 13.1 Å². The van der Waals surface area contributed by atoms with Gasteiger partial charge in [0.15, 0.2) is 0 Å². The van der Waals surface area contributed by atoms with Crippen molar-refractivity contribution in [2.24, 2.45) is 5.73 Å². The van der Waals surface area contributed by atoms with Crippen LogP contribution in [-0.2, 0) is 12.2 Å². The van der Waals surface area contributed by atoms with Crippen LogP contribution in [0, 0.1) is 0 Å². The molecule has 3 heteroatoms. The quantitative estimate of drug-likeness (QED) is 0.776. The van der Waals surface area contributed by atoms with Gasteiger partial charge in [-0.15, -0.1) is 0 Å². The predicted molar refractivity (Wildman–Crippen MR) is 59.2 cm³/mol. The lowest BCUT2D eigenvalue weighted by Gasteiger charge is -2.30. The molecule has 3 N–H and O–H groups in total. The van der Waals surface area contributed by atoms with E-state index >= 15 is 0 Å². The summed E-state index contributed by atoms with van der Waals surface area (Å²) < 4.78 is 14.4. The van der Waals surface area contributed by atoms with Crippen molar-refractivity contribution in [1.82, 2.24) is 5.32 Å². The Morgan fingerprint density at radius 1 is 1.33 bits per heavy atom. The Kier molecular flexibility index (Phi) is 3.03. The van der Waals surface area contributed by atoms with E-state index < -0.39 is 5.67 Å². The van der Waals surface area contributed by atoms with Crippen LogP contribution in [0.5, 0.6) is 0 Å². The van der Waals surface area contributed by atoms with Gasteiger partial charge in [0.25, 0.3) is 0 Å². The topological polar surface area (TPSA) is 38.0 Å². The SMILES string of the molecule is NCc1ccc(C2(F)CCCNC2)cc1. The molecule has 1 aliphatic heterocycles. The van der Waals surface area contributed by atoms with E-state index in [1.807, 2.05) is 24.3 Å². The molecular weight excluding hydrogens is 191 g/mol. The van der Waals surface area contributed by atoms with E-state index in [2.05, 4.69) is 5.32 Å². The summed E-state index contributed by atoms with van der Waals surface area (Å²) in [5.41, 5.74) is 6.13. The molecular formula is C12H17FN2. The first-order valence-corrected chi connectivity index (χ1v) is 5.44. The first-order valence-electron chi connectivity index (χ1n) is 5.44. The summed E-state index contributed by atoms with van der Waals surface area (Å²) in [6, 6.07) is 7.53. The van der Waals surface area contributed by atoms with E-state index in [4.69, 9.17) is 5.73 Å². The van der Waals surface area contributed by atoms with Gasteiger partial charge >= 0.3 is 0 Å². The second kappa shape index (κ2) is 4.29. The van der Waals surface area contributed by atoms with Gasteiger partial charge in [-0.2, -0.15) is 0 Å². The highest BCUT2D eigenvalue weighted by atomic mass is 19.1. The Bertz CT molecular complexity index is 315. The Hall–Kier alpha value is -0.930. The highest BCUT2D eigenvalue weighted by Gasteiger charge is 2.33. The molecule has 82 valence electrons. The zero-order valence-corrected chi connectivity index (χ0v) is 8.80. The standard InChI is InChI=1S/C12H17FN2/c13-12(6-1-7-15-9-12)11-4-2-10(8-14)3-5-11/h2-5,15H,1,6-9,14H2. The molecule has 15 heavy (non-hydrogen) atoms. The van der Waals surface area contributed by atoms with Crippen LogP contribution < -0.4 is 11.1 Å². The van der Waals surface area contributed by atoms with Crippen LogP contribution >= 0.6 is 0 Å². The summed E-state index contributed by atoms with van der Waals surface area (Å²) in [4.78, 5) is 0. The first-order chi connectivity index (χ1) is 7.24. The van der Waals surface area contributed by atoms with Crippen molar-refractivity contribution < 1.29 is 4.39 Å². The van der Waals surface area contributed by atoms with E-state index in [0.29, 0.717) is 19.5 Å². The zero-order chi connectivity index (χ0) is 10.7. The zero-order valence-electron chi connectivity index (χ0n) is 8.80. The molecule has 1 fully saturated rings. The molecule has 2 nitrogen and oxygen atoms in total. The number of halogens is 1. The Labute approximate surface area is 89.7 Å². The fourth-order valence-electron chi connectivity index (χ4n) is 2.05. The van der Waals surface area contributed by atoms with E-state index in [1.54, 1.807) is 0 Å². The van der Waals surface area contributed by atoms with Crippen molar-refractivity contribution in [2.75, 3.05) is 13.1 Å². The Morgan fingerprint density at radius 3 is 2.60 bits per heavy atom. The average molecular weight is 208 g/mol. The van der Waals surface area contributed by atoms with E-state index in [0.717, 1.165) is 24.1 Å². The molecule has 0 amide bonds. The molecule has 1 aromatic carbocycles. The van der Waals surface area contributed by atoms with Crippen LogP contribution in [0.3, 0.4) is 0 Å². The molecule has 1 aliphatic rings. The highest BCUT2D eigenvalue weighted by Crippen LogP contribution is 2.32. The van der Waals surface area contributed by atoms with E-state index in [9.17, 15) is 4.39 Å². The van der Waals surface area contributed by atoms with Gasteiger partial charge in [-0.1, -0.05) is 24.3 Å². The molecule has 1 atom stereocenters. The molecule has 0 saturated carbocycles. The molecule has 1 aromatic rings. The lowest BCUT2D eigenvalue weighted by Crippen LogP contribution is -2.40. The molecule has 0 aromatic heterocycles. The minimum Gasteiger partial charge on any atom is -0.326 e. The maximum Gasteiger partial charge on any atom is 0.148 e. The van der Waals surface area contributed by atoms with Gasteiger partial charge in [-0.3, -0.25) is 0 Å². The highest BCUT2D eigenvalue weighted by molar-refractivity contribution is 5.28. The van der Waals surface area contributed by atoms with Crippen molar-refractivity contribution in [1.29, 1.82) is 0 Å². The van der Waals surface area contributed by atoms with Gasteiger partial charge in [-0.25, -0.2) is 4.39 Å². The summed E-state index contributed by atoms with van der Waals surface area (Å²) >= 11 is 0. The minimum atomic E-state index is -1.19. The second-order valence-corrected chi connectivity index (χ2v) is 4.15. The van der Waals surface area contributed by atoms with Crippen molar-refractivity contribution in [3.8, 4) is 0 Å². The number of benzene rings is 1. The first kappa shape index (κ1) is 10.6. The third kappa shape index (κ3) is 2.19. The number of alkyl halides is 1. The molecule has 0 aliphatic carbocycles. The maximum absolute atomic E-state index is 14.4. The number of nitrogens with one attached hydrogen (secondary N) is 1. The van der Waals surface area contributed by atoms with Gasteiger partial charge < -0.3 is 11.1 Å². The lowest BCUT2D eigenvalue weighted by molar-refractivity contribution is 0.122. The van der Waals surface area contributed by atoms with Gasteiger partial charge in [0, 0.05) is 13.1 Å². The van der Waals surface area contributed by atoms with Crippen molar-refractivity contribution in [3.63, 3.8) is 0 Å². The largest absolute Gasteiger partial charge is 0.326 e. The minimum absolute atomic E-state index is 0.426. The number of rotatable bonds is 2. The summed E-state index contributed by atoms with van der Waals surface area (Å²) in [6.07, 6.45) is 1.51. The van der Waals surface area contributed by atoms with Crippen LogP contribution in [0.1, 0.15) is 24.0 Å². The van der Waals surface area contributed by atoms with Crippen molar-refractivity contribution in [3.05, 3.63) is 35.4 Å². The monoisotopic (exact) mass is 208 g/mol. The van der Waals surface area contributed by atoms with Crippen LogP contribution in [0.15, 0.2) is 24.3 Å². The smallest absolute Gasteiger partial charge is 0.148 e. The molecule has 0 bridgehead atoms. The summed E-state index contributed by atoms with van der Waals surface area (Å²) in [5, 5.41) is 3.10. The fourth-order valence-corrected chi connectivity index (χ4v) is 2.05. The third-order valence-corrected chi connectivity index (χ3v) is 3.04. The number of nitrogens with two attached hydrogens (primary N) is 1. The lowest BCUT2D eigenvalue weighted by atomic mass is 9.88. The van der Waals surface area contributed by atoms with Crippen molar-refractivity contribution >= 4 is 0 Å². The van der Waals surface area contributed by atoms with E-state index in [-0.39, 0.29) is 0 Å². The number of piperidine rings is 1. The molecule has 1 saturated heterocycles. The second-order valence-electron chi connectivity index (χ2n) is 4.15. The average Bonchev–Trinajstić information content (AvgIpc) is 2.30. The third-order valence-electron chi connectivity index (χ3n) is 3.04. The maximum atomic E-state index is 14.4. The van der Waals surface area contributed by atoms with Gasteiger partial charge in [0.1, 0.15) is 5.67 Å². The molecule has 2 rings (SSSR count). The van der Waals surface area contributed by atoms with Gasteiger partial charge in [0.05, 0.1) is 0 Å². The van der Waals surface area contributed by atoms with E-state index in [1.165, 1.54) is 0 Å². The van der Waals surface area contributed by atoms with Crippen LogP contribution in [0.4, 0.5) is 4.39 Å². The molecule has 0 radical (unpaired) electrons. The van der Waals surface area contributed by atoms with Gasteiger partial charge in [-0.05, 0) is 30.5 Å². The molecule has 0 spiro atoms. The number of hydrogen-bond donors (Lipinski definition) is 2. The Morgan fingerprint density at radius 2 is 2.07 bits per heavy atom. The van der Waals surface area contributed by atoms with Crippen molar-refractivity contribution in [2.45, 2.75) is 25.1 Å².